The van der Waals surface area contributed by atoms with Gasteiger partial charge in [0.25, 0.3) is 5.91 Å². The quantitative estimate of drug-likeness (QED) is 0.353. The Labute approximate surface area is 233 Å². The predicted molar refractivity (Wildman–Crippen MR) is 151 cm³/mol. The zero-order chi connectivity index (χ0) is 24.0. The van der Waals surface area contributed by atoms with Gasteiger partial charge in [-0.25, -0.2) is 0 Å². The van der Waals surface area contributed by atoms with Crippen molar-refractivity contribution in [2.75, 3.05) is 13.1 Å². The summed E-state index contributed by atoms with van der Waals surface area (Å²) in [4.78, 5) is 18.9. The van der Waals surface area contributed by atoms with Gasteiger partial charge in [0.2, 0.25) is 5.82 Å². The molecule has 1 aliphatic carbocycles. The van der Waals surface area contributed by atoms with Crippen LogP contribution in [0, 0.1) is 0 Å². The van der Waals surface area contributed by atoms with E-state index in [0.29, 0.717) is 25.3 Å². The molecule has 3 heterocycles. The smallest absolute Gasteiger partial charge is 0.292 e. The standard InChI is InChI=1S/C27H29ClN6O.2ClH/c28-20-6-3-5-19(15-20)27(17-29)10-8-22(9-11-27)33-12-13-34-24(31-32-25(34)26(33)35)16-21-14-18-4-1-2-7-23(18)30-21;;/h1-7,14-15,22,30H,8-13,16-17,29H2;2*1H. The minimum absolute atomic E-state index is 0. The van der Waals surface area contributed by atoms with Gasteiger partial charge >= 0.3 is 0 Å². The number of benzene rings is 2. The van der Waals surface area contributed by atoms with Crippen molar-refractivity contribution < 1.29 is 4.79 Å². The fourth-order valence-corrected chi connectivity index (χ4v) is 6.13. The third-order valence-corrected chi connectivity index (χ3v) is 8.19. The normalized spacial score (nSPS) is 21.3. The van der Waals surface area contributed by atoms with Crippen molar-refractivity contribution >= 4 is 53.2 Å². The number of rotatable bonds is 5. The number of carbonyl (C=O) groups excluding carboxylic acids is 1. The van der Waals surface area contributed by atoms with E-state index in [4.69, 9.17) is 17.3 Å². The first-order valence-electron chi connectivity index (χ1n) is 12.3. The van der Waals surface area contributed by atoms with Gasteiger partial charge in [-0.15, -0.1) is 35.0 Å². The Morgan fingerprint density at radius 3 is 2.54 bits per heavy atom. The summed E-state index contributed by atoms with van der Waals surface area (Å²) in [7, 11) is 0. The molecule has 1 saturated carbocycles. The van der Waals surface area contributed by atoms with Crippen LogP contribution >= 0.6 is 36.4 Å². The molecule has 0 saturated heterocycles. The summed E-state index contributed by atoms with van der Waals surface area (Å²) in [6.07, 6.45) is 4.35. The van der Waals surface area contributed by atoms with Crippen molar-refractivity contribution in [1.29, 1.82) is 0 Å². The van der Waals surface area contributed by atoms with Crippen molar-refractivity contribution in [2.24, 2.45) is 5.73 Å². The number of halogens is 3. The minimum Gasteiger partial charge on any atom is -0.358 e. The molecule has 3 N–H and O–H groups in total. The van der Waals surface area contributed by atoms with E-state index in [1.807, 2.05) is 39.8 Å². The van der Waals surface area contributed by atoms with Crippen LogP contribution in [-0.4, -0.2) is 49.7 Å². The topological polar surface area (TPSA) is 92.8 Å². The van der Waals surface area contributed by atoms with E-state index < -0.39 is 0 Å². The molecule has 10 heteroatoms. The number of para-hydroxylation sites is 1. The lowest BCUT2D eigenvalue weighted by molar-refractivity contribution is 0.0521. The number of aromatic nitrogens is 4. The van der Waals surface area contributed by atoms with Crippen LogP contribution in [0.5, 0.6) is 0 Å². The zero-order valence-corrected chi connectivity index (χ0v) is 22.8. The Morgan fingerprint density at radius 2 is 1.81 bits per heavy atom. The summed E-state index contributed by atoms with van der Waals surface area (Å²) in [6.45, 7) is 1.98. The van der Waals surface area contributed by atoms with E-state index in [1.165, 1.54) is 10.9 Å². The van der Waals surface area contributed by atoms with Gasteiger partial charge in [0.1, 0.15) is 5.82 Å². The molecule has 0 bridgehead atoms. The van der Waals surface area contributed by atoms with E-state index in [2.05, 4.69) is 39.4 Å². The summed E-state index contributed by atoms with van der Waals surface area (Å²) >= 11 is 6.26. The molecule has 0 unspecified atom stereocenters. The van der Waals surface area contributed by atoms with Crippen LogP contribution in [0.3, 0.4) is 0 Å². The Balaban J connectivity index is 0.00000160. The highest BCUT2D eigenvalue weighted by Gasteiger charge is 2.40. The van der Waals surface area contributed by atoms with E-state index in [9.17, 15) is 4.79 Å². The molecule has 2 aromatic heterocycles. The largest absolute Gasteiger partial charge is 0.358 e. The van der Waals surface area contributed by atoms with Crippen molar-refractivity contribution in [2.45, 2.75) is 50.1 Å². The molecule has 0 atom stereocenters. The number of H-pyrrole nitrogens is 1. The molecule has 1 fully saturated rings. The highest BCUT2D eigenvalue weighted by Crippen LogP contribution is 2.41. The van der Waals surface area contributed by atoms with Gasteiger partial charge in [-0.1, -0.05) is 41.9 Å². The van der Waals surface area contributed by atoms with Crippen molar-refractivity contribution in [1.82, 2.24) is 24.6 Å². The maximum atomic E-state index is 13.4. The molecule has 2 aliphatic rings. The highest BCUT2D eigenvalue weighted by molar-refractivity contribution is 6.30. The minimum atomic E-state index is -0.0764. The lowest BCUT2D eigenvalue weighted by Crippen LogP contribution is -2.51. The van der Waals surface area contributed by atoms with Crippen LogP contribution in [0.15, 0.2) is 54.6 Å². The number of nitrogens with one attached hydrogen (secondary N) is 1. The maximum Gasteiger partial charge on any atom is 0.292 e. The number of nitrogens with two attached hydrogens (primary N) is 1. The first kappa shape index (κ1) is 27.5. The van der Waals surface area contributed by atoms with Crippen LogP contribution in [0.4, 0.5) is 0 Å². The third-order valence-electron chi connectivity index (χ3n) is 7.96. The van der Waals surface area contributed by atoms with Gasteiger partial charge < -0.3 is 20.2 Å². The van der Waals surface area contributed by atoms with Crippen LogP contribution in [-0.2, 0) is 18.4 Å². The summed E-state index contributed by atoms with van der Waals surface area (Å²) in [5, 5.41) is 10.6. The Morgan fingerprint density at radius 1 is 1.03 bits per heavy atom. The molecule has 1 aliphatic heterocycles. The lowest BCUT2D eigenvalue weighted by Gasteiger charge is -2.44. The second-order valence-electron chi connectivity index (χ2n) is 9.87. The number of hydrogen-bond acceptors (Lipinski definition) is 4. The number of carbonyl (C=O) groups is 1. The Bertz CT molecular complexity index is 1360. The number of nitrogens with zero attached hydrogens (tertiary/aromatic N) is 4. The number of aromatic amines is 1. The fourth-order valence-electron chi connectivity index (χ4n) is 5.94. The Kier molecular flexibility index (Phi) is 8.19. The second-order valence-corrected chi connectivity index (χ2v) is 10.3. The Hall–Kier alpha value is -2.58. The lowest BCUT2D eigenvalue weighted by atomic mass is 9.68. The zero-order valence-electron chi connectivity index (χ0n) is 20.4. The number of fused-ring (bicyclic) bond motifs is 2. The molecule has 4 aromatic rings. The molecule has 6 rings (SSSR count). The summed E-state index contributed by atoms with van der Waals surface area (Å²) in [5.74, 6) is 1.26. The van der Waals surface area contributed by atoms with Crippen LogP contribution in [0.2, 0.25) is 5.02 Å². The van der Waals surface area contributed by atoms with Crippen LogP contribution in [0.1, 0.15) is 53.4 Å². The molecular formula is C27H31Cl3N6O. The summed E-state index contributed by atoms with van der Waals surface area (Å²) in [5.41, 5.74) is 9.58. The number of hydrogen-bond donors (Lipinski definition) is 2. The van der Waals surface area contributed by atoms with Crippen molar-refractivity contribution in [3.63, 3.8) is 0 Å². The van der Waals surface area contributed by atoms with Gasteiger partial charge in [0.05, 0.1) is 0 Å². The van der Waals surface area contributed by atoms with Crippen LogP contribution < -0.4 is 5.73 Å². The van der Waals surface area contributed by atoms with E-state index in [0.717, 1.165) is 54.3 Å². The molecule has 1 amide bonds. The predicted octanol–water partition coefficient (Wildman–Crippen LogP) is 5.14. The second kappa shape index (κ2) is 11.0. The highest BCUT2D eigenvalue weighted by atomic mass is 35.5. The maximum absolute atomic E-state index is 13.4. The monoisotopic (exact) mass is 560 g/mol. The van der Waals surface area contributed by atoms with Crippen LogP contribution in [0.25, 0.3) is 10.9 Å². The molecule has 2 aromatic carbocycles. The molecule has 7 nitrogen and oxygen atoms in total. The summed E-state index contributed by atoms with van der Waals surface area (Å²) in [6, 6.07) is 18.6. The fraction of sp³-hybridized carbons (Fsp3) is 0.370. The average Bonchev–Trinajstić information content (AvgIpc) is 3.49. The molecule has 37 heavy (non-hydrogen) atoms. The summed E-state index contributed by atoms with van der Waals surface area (Å²) < 4.78 is 1.99. The number of amides is 1. The third kappa shape index (κ3) is 4.98. The van der Waals surface area contributed by atoms with E-state index in [-0.39, 0.29) is 42.2 Å². The van der Waals surface area contributed by atoms with Gasteiger partial charge in [-0.3, -0.25) is 4.79 Å². The van der Waals surface area contributed by atoms with Gasteiger partial charge in [-0.05, 0) is 60.9 Å². The van der Waals surface area contributed by atoms with Gasteiger partial charge in [0, 0.05) is 53.7 Å². The molecule has 196 valence electrons. The van der Waals surface area contributed by atoms with Crippen molar-refractivity contribution in [3.8, 4) is 0 Å². The van der Waals surface area contributed by atoms with Crippen molar-refractivity contribution in [3.05, 3.63) is 82.5 Å². The van der Waals surface area contributed by atoms with E-state index in [1.54, 1.807) is 0 Å². The SMILES string of the molecule is Cl.Cl.NCC1(c2cccc(Cl)c2)CCC(N2CCn3c(Cc4cc5ccccc5[nH]4)nnc3C2=O)CC1. The van der Waals surface area contributed by atoms with Gasteiger partial charge in [-0.2, -0.15) is 0 Å². The molecular weight excluding hydrogens is 531 g/mol. The van der Waals surface area contributed by atoms with E-state index >= 15 is 0 Å². The molecule has 0 spiro atoms. The first-order valence-corrected chi connectivity index (χ1v) is 12.7. The average molecular weight is 562 g/mol. The van der Waals surface area contributed by atoms with Gasteiger partial charge in [0.15, 0.2) is 0 Å². The molecule has 0 radical (unpaired) electrons. The first-order chi connectivity index (χ1) is 17.1.